The van der Waals surface area contributed by atoms with Crippen molar-refractivity contribution in [2.75, 3.05) is 25.7 Å². The second-order valence-electron chi connectivity index (χ2n) is 7.49. The van der Waals surface area contributed by atoms with E-state index < -0.39 is 0 Å². The van der Waals surface area contributed by atoms with Crippen molar-refractivity contribution < 1.29 is 19.1 Å². The third-order valence-electron chi connectivity index (χ3n) is 5.62. The van der Waals surface area contributed by atoms with Crippen molar-refractivity contribution in [2.24, 2.45) is 5.92 Å². The highest BCUT2D eigenvalue weighted by Crippen LogP contribution is 2.36. The Labute approximate surface area is 161 Å². The first-order chi connectivity index (χ1) is 13.1. The fourth-order valence-electron chi connectivity index (χ4n) is 4.04. The Bertz CT molecular complexity index is 668. The number of nitrogens with zero attached hydrogens (tertiary/aromatic N) is 1. The van der Waals surface area contributed by atoms with Gasteiger partial charge in [-0.25, -0.2) is 0 Å². The van der Waals surface area contributed by atoms with E-state index in [9.17, 15) is 9.59 Å². The van der Waals surface area contributed by atoms with Gasteiger partial charge in [-0.3, -0.25) is 9.59 Å². The molecule has 2 fully saturated rings. The van der Waals surface area contributed by atoms with Crippen molar-refractivity contribution in [3.8, 4) is 11.5 Å². The monoisotopic (exact) mass is 374 g/mol. The van der Waals surface area contributed by atoms with Crippen LogP contribution in [0, 0.1) is 5.92 Å². The van der Waals surface area contributed by atoms with E-state index >= 15 is 0 Å². The van der Waals surface area contributed by atoms with Crippen LogP contribution in [0.4, 0.5) is 5.69 Å². The molecule has 1 aromatic carbocycles. The first-order valence-corrected chi connectivity index (χ1v) is 9.95. The molecule has 0 aromatic heterocycles. The van der Waals surface area contributed by atoms with E-state index in [1.54, 1.807) is 37.3 Å². The van der Waals surface area contributed by atoms with Crippen LogP contribution in [0.5, 0.6) is 11.5 Å². The van der Waals surface area contributed by atoms with E-state index in [4.69, 9.17) is 9.47 Å². The summed E-state index contributed by atoms with van der Waals surface area (Å²) in [6.45, 7) is 0.376. The minimum Gasteiger partial charge on any atom is -0.497 e. The lowest BCUT2D eigenvalue weighted by Gasteiger charge is -2.23. The van der Waals surface area contributed by atoms with Crippen LogP contribution in [-0.4, -0.2) is 38.6 Å². The summed E-state index contributed by atoms with van der Waals surface area (Å²) in [4.78, 5) is 27.0. The average Bonchev–Trinajstić information content (AvgIpc) is 3.05. The van der Waals surface area contributed by atoms with Gasteiger partial charge in [0.1, 0.15) is 11.5 Å². The molecule has 1 heterocycles. The maximum atomic E-state index is 12.8. The summed E-state index contributed by atoms with van der Waals surface area (Å²) in [6, 6.07) is 5.60. The normalized spacial score (nSPS) is 21.5. The second-order valence-corrected chi connectivity index (χ2v) is 7.49. The number of methoxy groups -OCH3 is 2. The van der Waals surface area contributed by atoms with Gasteiger partial charge in [-0.05, 0) is 25.0 Å². The van der Waals surface area contributed by atoms with Gasteiger partial charge in [-0.1, -0.05) is 32.1 Å². The Morgan fingerprint density at radius 1 is 1.07 bits per heavy atom. The van der Waals surface area contributed by atoms with Crippen molar-refractivity contribution in [2.45, 2.75) is 57.4 Å². The number of carbonyl (C=O) groups excluding carboxylic acids is 2. The third kappa shape index (κ3) is 4.73. The van der Waals surface area contributed by atoms with Gasteiger partial charge in [0.15, 0.2) is 0 Å². The van der Waals surface area contributed by atoms with Crippen molar-refractivity contribution in [3.63, 3.8) is 0 Å². The molecule has 0 unspecified atom stereocenters. The highest BCUT2D eigenvalue weighted by Gasteiger charge is 2.37. The van der Waals surface area contributed by atoms with Gasteiger partial charge in [-0.15, -0.1) is 0 Å². The van der Waals surface area contributed by atoms with Gasteiger partial charge >= 0.3 is 0 Å². The van der Waals surface area contributed by atoms with Crippen LogP contribution in [0.2, 0.25) is 0 Å². The van der Waals surface area contributed by atoms with Gasteiger partial charge in [-0.2, -0.15) is 0 Å². The van der Waals surface area contributed by atoms with E-state index in [1.807, 2.05) is 0 Å². The molecule has 1 aliphatic heterocycles. The van der Waals surface area contributed by atoms with Crippen molar-refractivity contribution in [3.05, 3.63) is 18.2 Å². The Morgan fingerprint density at radius 2 is 1.78 bits per heavy atom. The summed E-state index contributed by atoms with van der Waals surface area (Å²) in [5, 5.41) is 3.20. The molecule has 0 radical (unpaired) electrons. The first kappa shape index (κ1) is 19.5. The fourth-order valence-corrected chi connectivity index (χ4v) is 4.04. The summed E-state index contributed by atoms with van der Waals surface area (Å²) in [7, 11) is 3.16. The quantitative estimate of drug-likeness (QED) is 0.859. The van der Waals surface area contributed by atoms with Crippen LogP contribution in [0.1, 0.15) is 51.4 Å². The lowest BCUT2D eigenvalue weighted by atomic mass is 9.96. The lowest BCUT2D eigenvalue weighted by molar-refractivity contribution is -0.127. The smallest absolute Gasteiger partial charge is 0.227 e. The summed E-state index contributed by atoms with van der Waals surface area (Å²) in [5.41, 5.74) is 0.656. The molecule has 6 nitrogen and oxygen atoms in total. The predicted molar refractivity (Wildman–Crippen MR) is 104 cm³/mol. The van der Waals surface area contributed by atoms with E-state index in [1.165, 1.54) is 32.1 Å². The average molecular weight is 374 g/mol. The third-order valence-corrected chi connectivity index (χ3v) is 5.62. The molecule has 1 aromatic rings. The Morgan fingerprint density at radius 3 is 2.44 bits per heavy atom. The number of nitrogens with one attached hydrogen (secondary N) is 1. The van der Waals surface area contributed by atoms with Crippen LogP contribution in [-0.2, 0) is 9.59 Å². The number of rotatable bonds is 5. The maximum absolute atomic E-state index is 12.8. The fraction of sp³-hybridized carbons (Fsp3) is 0.619. The number of ether oxygens (including phenoxy) is 2. The summed E-state index contributed by atoms with van der Waals surface area (Å²) in [6.07, 6.45) is 8.45. The summed E-state index contributed by atoms with van der Waals surface area (Å²) < 4.78 is 10.7. The molecular weight excluding hydrogens is 344 g/mol. The molecule has 1 atom stereocenters. The molecule has 0 spiro atoms. The Kier molecular flexibility index (Phi) is 6.58. The van der Waals surface area contributed by atoms with Crippen LogP contribution in [0.3, 0.4) is 0 Å². The van der Waals surface area contributed by atoms with Gasteiger partial charge < -0.3 is 19.7 Å². The SMILES string of the molecule is COc1ccc(OC)c(N2C[C@@H](C(=O)NC3CCCCCCC3)CC2=O)c1. The Hall–Kier alpha value is -2.24. The largest absolute Gasteiger partial charge is 0.497 e. The van der Waals surface area contributed by atoms with Crippen molar-refractivity contribution in [1.82, 2.24) is 5.32 Å². The highest BCUT2D eigenvalue weighted by molar-refractivity contribution is 6.01. The predicted octanol–water partition coefficient (Wildman–Crippen LogP) is 3.29. The van der Waals surface area contributed by atoms with Crippen LogP contribution in [0.15, 0.2) is 18.2 Å². The maximum Gasteiger partial charge on any atom is 0.227 e. The number of hydrogen-bond donors (Lipinski definition) is 1. The number of amides is 2. The minimum atomic E-state index is -0.321. The second kappa shape index (κ2) is 9.11. The van der Waals surface area contributed by atoms with Crippen LogP contribution in [0.25, 0.3) is 0 Å². The molecule has 27 heavy (non-hydrogen) atoms. The molecule has 3 rings (SSSR count). The zero-order chi connectivity index (χ0) is 19.2. The van der Waals surface area contributed by atoms with Crippen LogP contribution >= 0.6 is 0 Å². The number of carbonyl (C=O) groups is 2. The molecule has 1 aliphatic carbocycles. The zero-order valence-electron chi connectivity index (χ0n) is 16.3. The van der Waals surface area contributed by atoms with Gasteiger partial charge in [0.2, 0.25) is 11.8 Å². The van der Waals surface area contributed by atoms with Gasteiger partial charge in [0, 0.05) is 25.1 Å². The molecule has 1 N–H and O–H groups in total. The summed E-state index contributed by atoms with van der Waals surface area (Å²) >= 11 is 0. The van der Waals surface area contributed by atoms with Gasteiger partial charge in [0.05, 0.1) is 25.8 Å². The lowest BCUT2D eigenvalue weighted by Crippen LogP contribution is -2.40. The first-order valence-electron chi connectivity index (χ1n) is 9.95. The van der Waals surface area contributed by atoms with E-state index in [-0.39, 0.29) is 30.2 Å². The van der Waals surface area contributed by atoms with E-state index in [0.717, 1.165) is 12.8 Å². The van der Waals surface area contributed by atoms with Crippen molar-refractivity contribution in [1.29, 1.82) is 0 Å². The molecular formula is C21H30N2O4. The number of benzene rings is 1. The van der Waals surface area contributed by atoms with Crippen molar-refractivity contribution >= 4 is 17.5 Å². The number of anilines is 1. The standard InChI is InChI=1S/C21H30N2O4/c1-26-17-10-11-19(27-2)18(13-17)23-14-15(12-20(23)24)21(25)22-16-8-6-4-3-5-7-9-16/h10-11,13,15-16H,3-9,12,14H2,1-2H3,(H,22,25)/t15-/m0/s1. The zero-order valence-corrected chi connectivity index (χ0v) is 16.3. The minimum absolute atomic E-state index is 0.00159. The van der Waals surface area contributed by atoms with Gasteiger partial charge in [0.25, 0.3) is 0 Å². The molecule has 148 valence electrons. The molecule has 0 bridgehead atoms. The molecule has 2 amide bonds. The van der Waals surface area contributed by atoms with E-state index in [0.29, 0.717) is 23.7 Å². The molecule has 6 heteroatoms. The Balaban J connectivity index is 1.67. The molecule has 1 saturated heterocycles. The summed E-state index contributed by atoms with van der Waals surface area (Å²) in [5.74, 6) is 0.878. The number of hydrogen-bond acceptors (Lipinski definition) is 4. The molecule has 1 saturated carbocycles. The van der Waals surface area contributed by atoms with E-state index in [2.05, 4.69) is 5.32 Å². The topological polar surface area (TPSA) is 67.9 Å². The van der Waals surface area contributed by atoms with Crippen LogP contribution < -0.4 is 19.7 Å². The highest BCUT2D eigenvalue weighted by atomic mass is 16.5. The molecule has 2 aliphatic rings.